The van der Waals surface area contributed by atoms with Gasteiger partial charge in [0.2, 0.25) is 0 Å². The summed E-state index contributed by atoms with van der Waals surface area (Å²) < 4.78 is 0. The van der Waals surface area contributed by atoms with Crippen molar-refractivity contribution in [2.24, 2.45) is 0 Å². The second-order valence-electron chi connectivity index (χ2n) is 15.5. The highest BCUT2D eigenvalue weighted by molar-refractivity contribution is 6.18. The van der Waals surface area contributed by atoms with E-state index in [0.29, 0.717) is 22.1 Å². The Morgan fingerprint density at radius 2 is 0.391 bits per heavy atom. The number of hydrogen-bond acceptors (Lipinski definition) is 6. The first kappa shape index (κ1) is 38.2. The minimum atomic E-state index is 0.691. The molecule has 0 saturated carbocycles. The van der Waals surface area contributed by atoms with E-state index in [2.05, 4.69) is 204 Å². The lowest BCUT2D eigenvalue weighted by atomic mass is 10.0. The maximum Gasteiger partial charge on any atom is 0.117 e. The van der Waals surface area contributed by atoms with Crippen LogP contribution in [0.4, 0.5) is 34.1 Å². The van der Waals surface area contributed by atoms with Crippen LogP contribution in [0.2, 0.25) is 0 Å². The van der Waals surface area contributed by atoms with Crippen molar-refractivity contribution in [3.8, 4) is 44.5 Å². The van der Waals surface area contributed by atoms with Crippen LogP contribution >= 0.6 is 0 Å². The summed E-state index contributed by atoms with van der Waals surface area (Å²) >= 11 is 0. The lowest BCUT2D eigenvalue weighted by Crippen LogP contribution is -2.16. The van der Waals surface area contributed by atoms with Gasteiger partial charge in [-0.05, 0) is 93.0 Å². The van der Waals surface area contributed by atoms with Gasteiger partial charge in [-0.2, -0.15) is 0 Å². The number of nitrogens with zero attached hydrogens (tertiary/aromatic N) is 6. The molecule has 11 aromatic rings. The minimum absolute atomic E-state index is 0.691. The van der Waals surface area contributed by atoms with Crippen molar-refractivity contribution in [2.45, 2.75) is 0 Å². The van der Waals surface area contributed by atoms with Gasteiger partial charge in [-0.25, -0.2) is 0 Å². The third kappa shape index (κ3) is 7.29. The largest absolute Gasteiger partial charge is 0.306 e. The fraction of sp³-hybridized carbons (Fsp3) is 0. The molecule has 0 radical (unpaired) electrons. The summed E-state index contributed by atoms with van der Waals surface area (Å²) in [6, 6.07) is 76.5. The molecule has 0 atom stereocenters. The number of hydrogen-bond donors (Lipinski definition) is 0. The van der Waals surface area contributed by atoms with Gasteiger partial charge in [0.1, 0.15) is 33.4 Å². The maximum atomic E-state index is 5.17. The monoisotopic (exact) mass is 820 g/mol. The van der Waals surface area contributed by atoms with Crippen LogP contribution < -0.4 is 9.80 Å². The third-order valence-corrected chi connectivity index (χ3v) is 11.7. The molecule has 0 aliphatic heterocycles. The van der Waals surface area contributed by atoms with Crippen molar-refractivity contribution in [3.63, 3.8) is 0 Å². The van der Waals surface area contributed by atoms with Crippen molar-refractivity contribution in [2.75, 3.05) is 9.80 Å². The second kappa shape index (κ2) is 17.0. The van der Waals surface area contributed by atoms with E-state index >= 15 is 0 Å². The van der Waals surface area contributed by atoms with Gasteiger partial charge in [0.05, 0.1) is 0 Å². The molecule has 0 spiro atoms. The topological polar surface area (TPSA) is 58.0 Å². The molecule has 0 saturated heterocycles. The van der Waals surface area contributed by atoms with Crippen LogP contribution in [0.15, 0.2) is 243 Å². The van der Waals surface area contributed by atoms with Crippen molar-refractivity contribution in [3.05, 3.63) is 243 Å². The normalized spacial score (nSPS) is 11.1. The zero-order valence-corrected chi connectivity index (χ0v) is 34.8. The Morgan fingerprint density at radius 3 is 0.594 bits per heavy atom. The van der Waals surface area contributed by atoms with Gasteiger partial charge < -0.3 is 9.80 Å². The van der Waals surface area contributed by atoms with Crippen LogP contribution in [0.1, 0.15) is 0 Å². The first-order valence-corrected chi connectivity index (χ1v) is 21.4. The van der Waals surface area contributed by atoms with Crippen molar-refractivity contribution >= 4 is 56.2 Å². The van der Waals surface area contributed by atoms with Crippen molar-refractivity contribution in [1.29, 1.82) is 0 Å². The van der Waals surface area contributed by atoms with E-state index in [1.54, 1.807) is 24.8 Å². The Bertz CT molecular complexity index is 2880. The van der Waals surface area contributed by atoms with Crippen molar-refractivity contribution in [1.82, 2.24) is 19.9 Å². The molecule has 0 bridgehead atoms. The average Bonchev–Trinajstić information content (AvgIpc) is 3.39. The van der Waals surface area contributed by atoms with E-state index in [9.17, 15) is 0 Å². The van der Waals surface area contributed by atoms with Crippen LogP contribution in [0.25, 0.3) is 66.6 Å². The van der Waals surface area contributed by atoms with E-state index in [4.69, 9.17) is 19.9 Å². The molecule has 64 heavy (non-hydrogen) atoms. The number of fused-ring (bicyclic) bond motifs is 2. The molecule has 0 fully saturated rings. The van der Waals surface area contributed by atoms with Gasteiger partial charge in [-0.15, -0.1) is 0 Å². The molecular formula is C58H40N6. The predicted octanol–water partition coefficient (Wildman–Crippen LogP) is 15.2. The molecule has 302 valence electrons. The maximum absolute atomic E-state index is 5.17. The molecule has 0 aliphatic carbocycles. The van der Waals surface area contributed by atoms with Crippen LogP contribution in [-0.2, 0) is 0 Å². The number of anilines is 6. The summed E-state index contributed by atoms with van der Waals surface area (Å²) in [7, 11) is 0. The number of benzene rings is 9. The summed E-state index contributed by atoms with van der Waals surface area (Å²) in [6.45, 7) is 0. The van der Waals surface area contributed by atoms with Crippen LogP contribution in [0.5, 0.6) is 0 Å². The number of aromatic nitrogens is 4. The molecule has 6 nitrogen and oxygen atoms in total. The second-order valence-corrected chi connectivity index (χ2v) is 15.5. The van der Waals surface area contributed by atoms with Gasteiger partial charge >= 0.3 is 0 Å². The first-order chi connectivity index (χ1) is 31.8. The highest BCUT2D eigenvalue weighted by Crippen LogP contribution is 2.49. The van der Waals surface area contributed by atoms with Gasteiger partial charge in [0, 0.05) is 47.5 Å². The van der Waals surface area contributed by atoms with E-state index in [0.717, 1.165) is 78.6 Å². The Morgan fingerprint density at radius 1 is 0.203 bits per heavy atom. The third-order valence-electron chi connectivity index (χ3n) is 11.7. The molecule has 6 heteroatoms. The van der Waals surface area contributed by atoms with Gasteiger partial charge in [0.25, 0.3) is 0 Å². The SMILES string of the molecule is c1ccc(-c2ccc(N(c3ccc(-c4ccccc4)cc3)c3c4nccnc4c(N(c4ccc(-c5ccccc5)cc4)c4ccc(-c5ccccc5)cc4)c4nccnc34)cc2)cc1. The highest BCUT2D eigenvalue weighted by Gasteiger charge is 2.28. The molecule has 0 unspecified atom stereocenters. The molecule has 0 amide bonds. The van der Waals surface area contributed by atoms with Crippen LogP contribution in [0, 0.1) is 0 Å². The fourth-order valence-electron chi connectivity index (χ4n) is 8.57. The van der Waals surface area contributed by atoms with Gasteiger partial charge in [0.15, 0.2) is 0 Å². The summed E-state index contributed by atoms with van der Waals surface area (Å²) in [5, 5.41) is 0. The Labute approximate surface area is 372 Å². The predicted molar refractivity (Wildman–Crippen MR) is 264 cm³/mol. The summed E-state index contributed by atoms with van der Waals surface area (Å²) in [5.41, 5.74) is 17.2. The van der Waals surface area contributed by atoms with E-state index in [-0.39, 0.29) is 0 Å². The molecular weight excluding hydrogens is 781 g/mol. The van der Waals surface area contributed by atoms with Gasteiger partial charge in [-0.3, -0.25) is 19.9 Å². The van der Waals surface area contributed by atoms with E-state index < -0.39 is 0 Å². The standard InChI is InChI=1S/C58H40N6/c1-5-13-41(14-6-1)45-21-29-49(30-22-45)63(50-31-23-46(24-32-50)42-15-7-2-8-16-42)57-53-55(61-39-37-59-53)58(56-54(57)60-38-40-62-56)64(51-33-25-47(26-34-51)43-17-9-3-10-18-43)52-35-27-48(28-36-52)44-19-11-4-12-20-44/h1-40H. The summed E-state index contributed by atoms with van der Waals surface area (Å²) in [4.78, 5) is 25.2. The van der Waals surface area contributed by atoms with E-state index in [1.807, 2.05) is 24.3 Å². The van der Waals surface area contributed by atoms with Crippen LogP contribution in [0.3, 0.4) is 0 Å². The highest BCUT2D eigenvalue weighted by atomic mass is 15.2. The lowest BCUT2D eigenvalue weighted by Gasteiger charge is -2.31. The molecule has 0 aliphatic rings. The zero-order valence-electron chi connectivity index (χ0n) is 34.8. The summed E-state index contributed by atoms with van der Waals surface area (Å²) in [6.07, 6.45) is 7.06. The zero-order chi connectivity index (χ0) is 42.7. The molecule has 2 heterocycles. The average molecular weight is 821 g/mol. The quantitative estimate of drug-likeness (QED) is 0.101. The molecule has 0 N–H and O–H groups in total. The number of rotatable bonds is 10. The molecule has 9 aromatic carbocycles. The molecule has 2 aromatic heterocycles. The Hall–Kier alpha value is -8.74. The Kier molecular flexibility index (Phi) is 10.1. The molecule has 11 rings (SSSR count). The fourth-order valence-corrected chi connectivity index (χ4v) is 8.57. The first-order valence-electron chi connectivity index (χ1n) is 21.4. The lowest BCUT2D eigenvalue weighted by molar-refractivity contribution is 1.20. The van der Waals surface area contributed by atoms with Crippen LogP contribution in [-0.4, -0.2) is 19.9 Å². The summed E-state index contributed by atoms with van der Waals surface area (Å²) in [5.74, 6) is 0. The minimum Gasteiger partial charge on any atom is -0.306 e. The van der Waals surface area contributed by atoms with Gasteiger partial charge in [-0.1, -0.05) is 170 Å². The smallest absolute Gasteiger partial charge is 0.117 e. The van der Waals surface area contributed by atoms with E-state index in [1.165, 1.54) is 0 Å². The van der Waals surface area contributed by atoms with Crippen molar-refractivity contribution < 1.29 is 0 Å². The Balaban J connectivity index is 1.14.